The highest BCUT2D eigenvalue weighted by Crippen LogP contribution is 2.31. The van der Waals surface area contributed by atoms with Gasteiger partial charge in [0, 0.05) is 17.0 Å². The first kappa shape index (κ1) is 11.7. The Labute approximate surface area is 104 Å². The van der Waals surface area contributed by atoms with Crippen LogP contribution in [0, 0.1) is 0 Å². The fourth-order valence-electron chi connectivity index (χ4n) is 1.36. The molecule has 0 saturated heterocycles. The summed E-state index contributed by atoms with van der Waals surface area (Å²) >= 11 is 7.02. The summed E-state index contributed by atoms with van der Waals surface area (Å²) in [7, 11) is 0. The average Bonchev–Trinajstić information content (AvgIpc) is 2.67. The minimum absolute atomic E-state index is 0.211. The van der Waals surface area contributed by atoms with Crippen LogP contribution in [-0.4, -0.2) is 16.0 Å². The molecule has 5 nitrogen and oxygen atoms in total. The summed E-state index contributed by atoms with van der Waals surface area (Å²) in [5, 5.41) is 11.4. The second kappa shape index (κ2) is 4.23. The number of rotatable bonds is 2. The molecule has 17 heavy (non-hydrogen) atoms. The molecule has 0 atom stereocenters. The number of aromatic hydroxyl groups is 1. The number of carbonyl (C=O) groups excluding carboxylic acids is 1. The van der Waals surface area contributed by atoms with E-state index in [0.717, 1.165) is 6.07 Å². The topological polar surface area (TPSA) is 96.2 Å². The molecule has 2 heterocycles. The van der Waals surface area contributed by atoms with Gasteiger partial charge in [0.25, 0.3) is 11.5 Å². The Kier molecular flexibility index (Phi) is 2.91. The molecule has 7 heteroatoms. The lowest BCUT2D eigenvalue weighted by atomic mass is 10.1. The van der Waals surface area contributed by atoms with E-state index in [2.05, 4.69) is 4.98 Å². The van der Waals surface area contributed by atoms with E-state index in [1.165, 1.54) is 11.3 Å². The second-order valence-electron chi connectivity index (χ2n) is 3.28. The monoisotopic (exact) mass is 270 g/mol. The third kappa shape index (κ3) is 2.17. The Morgan fingerprint density at radius 3 is 2.71 bits per heavy atom. The minimum atomic E-state index is -0.892. The van der Waals surface area contributed by atoms with Gasteiger partial charge in [0.05, 0.1) is 10.0 Å². The number of thiophene rings is 1. The van der Waals surface area contributed by atoms with Gasteiger partial charge >= 0.3 is 0 Å². The van der Waals surface area contributed by atoms with Gasteiger partial charge < -0.3 is 15.8 Å². The van der Waals surface area contributed by atoms with Crippen LogP contribution in [0.3, 0.4) is 0 Å². The first-order chi connectivity index (χ1) is 7.99. The molecule has 0 spiro atoms. The molecular weight excluding hydrogens is 264 g/mol. The second-order valence-corrected chi connectivity index (χ2v) is 4.82. The number of hydrogen-bond donors (Lipinski definition) is 3. The SMILES string of the molecule is NC(=O)c1cc(O)c(-c2csc(Cl)c2)[nH]c1=O. The molecule has 88 valence electrons. The quantitative estimate of drug-likeness (QED) is 0.773. The number of halogens is 1. The molecule has 0 aliphatic heterocycles. The van der Waals surface area contributed by atoms with Crippen LogP contribution in [0.4, 0.5) is 0 Å². The Bertz CT molecular complexity index is 647. The summed E-state index contributed by atoms with van der Waals surface area (Å²) in [5.41, 5.74) is 4.84. The Morgan fingerprint density at radius 2 is 2.18 bits per heavy atom. The fourth-order valence-corrected chi connectivity index (χ4v) is 2.24. The highest BCUT2D eigenvalue weighted by atomic mass is 35.5. The van der Waals surface area contributed by atoms with Crippen molar-refractivity contribution in [2.24, 2.45) is 5.73 Å². The summed E-state index contributed by atoms with van der Waals surface area (Å²) < 4.78 is 0.527. The van der Waals surface area contributed by atoms with E-state index in [4.69, 9.17) is 17.3 Å². The summed E-state index contributed by atoms with van der Waals surface area (Å²) in [6.45, 7) is 0. The Hall–Kier alpha value is -1.79. The van der Waals surface area contributed by atoms with Gasteiger partial charge in [-0.05, 0) is 6.07 Å². The minimum Gasteiger partial charge on any atom is -0.506 e. The number of hydrogen-bond acceptors (Lipinski definition) is 4. The van der Waals surface area contributed by atoms with Crippen molar-refractivity contribution < 1.29 is 9.90 Å². The largest absolute Gasteiger partial charge is 0.506 e. The van der Waals surface area contributed by atoms with E-state index in [1.807, 2.05) is 0 Å². The van der Waals surface area contributed by atoms with Gasteiger partial charge in [0.2, 0.25) is 0 Å². The molecule has 2 aromatic heterocycles. The van der Waals surface area contributed by atoms with Gasteiger partial charge in [-0.3, -0.25) is 9.59 Å². The number of pyridine rings is 1. The standard InChI is InChI=1S/C10H7ClN2O3S/c11-7-1-4(3-17-7)8-6(14)2-5(9(12)15)10(16)13-8/h1-3,14H,(H2,12,15)(H,13,16). The van der Waals surface area contributed by atoms with E-state index in [9.17, 15) is 14.7 Å². The third-order valence-corrected chi connectivity index (χ3v) is 3.23. The van der Waals surface area contributed by atoms with Crippen LogP contribution in [0.5, 0.6) is 5.75 Å². The lowest BCUT2D eigenvalue weighted by Gasteiger charge is -2.03. The zero-order valence-corrected chi connectivity index (χ0v) is 9.93. The van der Waals surface area contributed by atoms with Crippen molar-refractivity contribution in [3.63, 3.8) is 0 Å². The summed E-state index contributed by atoms with van der Waals surface area (Å²) in [4.78, 5) is 24.8. The molecular formula is C10H7ClN2O3S. The fraction of sp³-hybridized carbons (Fsp3) is 0. The van der Waals surface area contributed by atoms with Crippen LogP contribution < -0.4 is 11.3 Å². The van der Waals surface area contributed by atoms with Crippen LogP contribution in [0.2, 0.25) is 4.34 Å². The maximum atomic E-state index is 11.5. The van der Waals surface area contributed by atoms with Gasteiger partial charge in [-0.2, -0.15) is 0 Å². The highest BCUT2D eigenvalue weighted by molar-refractivity contribution is 7.14. The zero-order valence-electron chi connectivity index (χ0n) is 8.36. The van der Waals surface area contributed by atoms with Crippen LogP contribution in [0.15, 0.2) is 22.3 Å². The molecule has 1 amide bonds. The van der Waals surface area contributed by atoms with Crippen molar-refractivity contribution in [3.8, 4) is 17.0 Å². The van der Waals surface area contributed by atoms with Crippen molar-refractivity contribution in [1.82, 2.24) is 4.98 Å². The molecule has 0 aliphatic carbocycles. The molecule has 0 aromatic carbocycles. The van der Waals surface area contributed by atoms with Crippen LogP contribution in [0.1, 0.15) is 10.4 Å². The van der Waals surface area contributed by atoms with Crippen LogP contribution in [0.25, 0.3) is 11.3 Å². The van der Waals surface area contributed by atoms with Gasteiger partial charge in [-0.1, -0.05) is 11.6 Å². The zero-order chi connectivity index (χ0) is 12.6. The first-order valence-electron chi connectivity index (χ1n) is 4.49. The molecule has 2 aromatic rings. The first-order valence-corrected chi connectivity index (χ1v) is 5.75. The summed E-state index contributed by atoms with van der Waals surface area (Å²) in [6, 6.07) is 2.64. The predicted octanol–water partition coefficient (Wildman–Crippen LogP) is 1.56. The van der Waals surface area contributed by atoms with E-state index >= 15 is 0 Å². The molecule has 0 saturated carbocycles. The number of aromatic amines is 1. The van der Waals surface area contributed by atoms with Gasteiger partial charge in [0.1, 0.15) is 11.3 Å². The number of nitrogens with two attached hydrogens (primary N) is 1. The Morgan fingerprint density at radius 1 is 1.47 bits per heavy atom. The van der Waals surface area contributed by atoms with Crippen molar-refractivity contribution in [2.45, 2.75) is 0 Å². The van der Waals surface area contributed by atoms with Crippen molar-refractivity contribution >= 4 is 28.8 Å². The normalized spacial score (nSPS) is 10.4. The van der Waals surface area contributed by atoms with Crippen LogP contribution in [-0.2, 0) is 0 Å². The Balaban J connectivity index is 2.62. The van der Waals surface area contributed by atoms with E-state index < -0.39 is 11.5 Å². The van der Waals surface area contributed by atoms with Crippen molar-refractivity contribution in [2.75, 3.05) is 0 Å². The molecule has 2 rings (SSSR count). The number of amides is 1. The van der Waals surface area contributed by atoms with E-state index in [-0.39, 0.29) is 17.0 Å². The number of aromatic nitrogens is 1. The van der Waals surface area contributed by atoms with Gasteiger partial charge in [-0.15, -0.1) is 11.3 Å². The number of primary amides is 1. The average molecular weight is 271 g/mol. The molecule has 0 bridgehead atoms. The number of nitrogens with one attached hydrogen (secondary N) is 1. The predicted molar refractivity (Wildman–Crippen MR) is 65.6 cm³/mol. The lowest BCUT2D eigenvalue weighted by Crippen LogP contribution is -2.23. The van der Waals surface area contributed by atoms with E-state index in [1.54, 1.807) is 11.4 Å². The lowest BCUT2D eigenvalue weighted by molar-refractivity contribution is 0.0998. The molecule has 4 N–H and O–H groups in total. The third-order valence-electron chi connectivity index (χ3n) is 2.14. The van der Waals surface area contributed by atoms with Crippen molar-refractivity contribution in [1.29, 1.82) is 0 Å². The summed E-state index contributed by atoms with van der Waals surface area (Å²) in [5.74, 6) is -1.12. The summed E-state index contributed by atoms with van der Waals surface area (Å²) in [6.07, 6.45) is 0. The number of carbonyl (C=O) groups is 1. The molecule has 0 fully saturated rings. The van der Waals surface area contributed by atoms with Crippen LogP contribution >= 0.6 is 22.9 Å². The maximum Gasteiger partial charge on any atom is 0.261 e. The molecule has 0 aliphatic rings. The molecule has 0 radical (unpaired) electrons. The van der Waals surface area contributed by atoms with E-state index in [0.29, 0.717) is 9.90 Å². The van der Waals surface area contributed by atoms with Gasteiger partial charge in [0.15, 0.2) is 0 Å². The maximum absolute atomic E-state index is 11.5. The van der Waals surface area contributed by atoms with Gasteiger partial charge in [-0.25, -0.2) is 0 Å². The smallest absolute Gasteiger partial charge is 0.261 e. The molecule has 0 unspecified atom stereocenters. The highest BCUT2D eigenvalue weighted by Gasteiger charge is 2.13. The number of H-pyrrole nitrogens is 1. The van der Waals surface area contributed by atoms with Crippen molar-refractivity contribution in [3.05, 3.63) is 37.8 Å².